The highest BCUT2D eigenvalue weighted by atomic mass is 28.4. The van der Waals surface area contributed by atoms with Crippen molar-refractivity contribution in [1.82, 2.24) is 0 Å². The van der Waals surface area contributed by atoms with Crippen LogP contribution in [0.2, 0.25) is 0 Å². The van der Waals surface area contributed by atoms with Crippen molar-refractivity contribution in [3.8, 4) is 0 Å². The SMILES string of the molecule is C=CCO[Si](OCCCCC)(OCCCCC)OCCCCC. The molecule has 0 aliphatic rings. The third kappa shape index (κ3) is 12.8. The van der Waals surface area contributed by atoms with Crippen LogP contribution in [0.1, 0.15) is 78.6 Å². The quantitative estimate of drug-likeness (QED) is 0.193. The van der Waals surface area contributed by atoms with Gasteiger partial charge in [-0.15, -0.1) is 6.58 Å². The Bertz CT molecular complexity index is 230. The average molecular weight is 347 g/mol. The molecular weight excluding hydrogens is 308 g/mol. The second-order valence-electron chi connectivity index (χ2n) is 5.77. The largest absolute Gasteiger partial charge is 0.680 e. The zero-order chi connectivity index (χ0) is 17.2. The molecule has 0 amide bonds. The topological polar surface area (TPSA) is 36.9 Å². The molecule has 0 saturated carbocycles. The van der Waals surface area contributed by atoms with Crippen LogP contribution in [-0.4, -0.2) is 35.5 Å². The van der Waals surface area contributed by atoms with E-state index in [0.717, 1.165) is 38.5 Å². The molecule has 0 bridgehead atoms. The third-order valence-electron chi connectivity index (χ3n) is 3.46. The standard InChI is InChI=1S/C18H38O4Si/c1-5-9-12-16-20-23(19-15-8-4,21-17-13-10-6-2)22-18-14-11-7-3/h8H,4-7,9-18H2,1-3H3. The lowest BCUT2D eigenvalue weighted by atomic mass is 10.3. The molecule has 4 nitrogen and oxygen atoms in total. The van der Waals surface area contributed by atoms with E-state index in [9.17, 15) is 0 Å². The Labute approximate surface area is 145 Å². The van der Waals surface area contributed by atoms with Gasteiger partial charge in [-0.2, -0.15) is 0 Å². The van der Waals surface area contributed by atoms with Crippen molar-refractivity contribution in [3.63, 3.8) is 0 Å². The Morgan fingerprint density at radius 3 is 1.35 bits per heavy atom. The Kier molecular flexibility index (Phi) is 16.5. The smallest absolute Gasteiger partial charge is 0.351 e. The number of rotatable bonds is 18. The van der Waals surface area contributed by atoms with Crippen molar-refractivity contribution in [3.05, 3.63) is 12.7 Å². The Morgan fingerprint density at radius 2 is 1.04 bits per heavy atom. The predicted octanol–water partition coefficient (Wildman–Crippen LogP) is 5.25. The van der Waals surface area contributed by atoms with Gasteiger partial charge in [-0.1, -0.05) is 65.4 Å². The molecule has 0 N–H and O–H groups in total. The van der Waals surface area contributed by atoms with Gasteiger partial charge >= 0.3 is 9.05 Å². The summed E-state index contributed by atoms with van der Waals surface area (Å²) in [5.41, 5.74) is 0. The van der Waals surface area contributed by atoms with Crippen LogP contribution in [0, 0.1) is 0 Å². The highest BCUT2D eigenvalue weighted by Crippen LogP contribution is 2.16. The second-order valence-corrected chi connectivity index (χ2v) is 7.92. The van der Waals surface area contributed by atoms with Gasteiger partial charge in [0.1, 0.15) is 0 Å². The fourth-order valence-corrected chi connectivity index (χ4v) is 4.06. The summed E-state index contributed by atoms with van der Waals surface area (Å²) in [5, 5.41) is 0. The Morgan fingerprint density at radius 1 is 0.652 bits per heavy atom. The van der Waals surface area contributed by atoms with E-state index < -0.39 is 9.05 Å². The lowest BCUT2D eigenvalue weighted by Crippen LogP contribution is -2.50. The minimum Gasteiger partial charge on any atom is -0.351 e. The number of hydrogen-bond acceptors (Lipinski definition) is 4. The van der Waals surface area contributed by atoms with Gasteiger partial charge < -0.3 is 17.7 Å². The lowest BCUT2D eigenvalue weighted by molar-refractivity contribution is -0.0314. The summed E-state index contributed by atoms with van der Waals surface area (Å²) in [4.78, 5) is 0. The first kappa shape index (κ1) is 22.8. The first-order chi connectivity index (χ1) is 11.2. The van der Waals surface area contributed by atoms with Crippen LogP contribution < -0.4 is 0 Å². The maximum atomic E-state index is 6.02. The summed E-state index contributed by atoms with van der Waals surface area (Å²) in [7, 11) is -3.04. The first-order valence-electron chi connectivity index (χ1n) is 9.41. The zero-order valence-electron chi connectivity index (χ0n) is 15.6. The Balaban J connectivity index is 4.54. The van der Waals surface area contributed by atoms with Gasteiger partial charge in [-0.3, -0.25) is 0 Å². The van der Waals surface area contributed by atoms with Crippen molar-refractivity contribution < 1.29 is 17.7 Å². The molecule has 0 heterocycles. The highest BCUT2D eigenvalue weighted by Gasteiger charge is 2.45. The normalized spacial score (nSPS) is 11.8. The van der Waals surface area contributed by atoms with Gasteiger partial charge in [0.25, 0.3) is 0 Å². The van der Waals surface area contributed by atoms with E-state index in [1.165, 1.54) is 19.3 Å². The molecule has 23 heavy (non-hydrogen) atoms. The molecule has 0 aromatic heterocycles. The molecule has 0 aromatic carbocycles. The summed E-state index contributed by atoms with van der Waals surface area (Å²) in [6, 6.07) is 0. The molecule has 0 atom stereocenters. The van der Waals surface area contributed by atoms with Gasteiger partial charge in [0.05, 0.1) is 6.61 Å². The first-order valence-corrected chi connectivity index (χ1v) is 11.0. The molecule has 0 fully saturated rings. The third-order valence-corrected chi connectivity index (χ3v) is 5.65. The molecule has 0 aliphatic heterocycles. The molecule has 0 rings (SSSR count). The highest BCUT2D eigenvalue weighted by molar-refractivity contribution is 6.53. The fourth-order valence-electron chi connectivity index (χ4n) is 2.06. The van der Waals surface area contributed by atoms with E-state index in [2.05, 4.69) is 27.4 Å². The summed E-state index contributed by atoms with van der Waals surface area (Å²) in [6.45, 7) is 12.6. The van der Waals surface area contributed by atoms with Crippen molar-refractivity contribution in [2.75, 3.05) is 26.4 Å². The van der Waals surface area contributed by atoms with Gasteiger partial charge in [-0.25, -0.2) is 0 Å². The minimum absolute atomic E-state index is 0.404. The lowest BCUT2D eigenvalue weighted by Gasteiger charge is -2.28. The summed E-state index contributed by atoms with van der Waals surface area (Å²) >= 11 is 0. The van der Waals surface area contributed by atoms with E-state index in [1.54, 1.807) is 6.08 Å². The van der Waals surface area contributed by atoms with Crippen LogP contribution in [-0.2, 0) is 17.7 Å². The van der Waals surface area contributed by atoms with Crippen molar-refractivity contribution in [2.45, 2.75) is 78.6 Å². The molecule has 138 valence electrons. The van der Waals surface area contributed by atoms with E-state index in [0.29, 0.717) is 26.4 Å². The summed E-state index contributed by atoms with van der Waals surface area (Å²) in [5.74, 6) is 0. The van der Waals surface area contributed by atoms with E-state index in [-0.39, 0.29) is 0 Å². The van der Waals surface area contributed by atoms with E-state index in [4.69, 9.17) is 17.7 Å². The molecule has 0 aliphatic carbocycles. The van der Waals surface area contributed by atoms with Crippen LogP contribution in [0.3, 0.4) is 0 Å². The molecule has 0 saturated heterocycles. The summed E-state index contributed by atoms with van der Waals surface area (Å²) < 4.78 is 23.9. The zero-order valence-corrected chi connectivity index (χ0v) is 16.6. The van der Waals surface area contributed by atoms with E-state index in [1.807, 2.05) is 0 Å². The van der Waals surface area contributed by atoms with Crippen LogP contribution in [0.15, 0.2) is 12.7 Å². The van der Waals surface area contributed by atoms with Gasteiger partial charge in [-0.05, 0) is 19.3 Å². The molecule has 0 aromatic rings. The monoisotopic (exact) mass is 346 g/mol. The van der Waals surface area contributed by atoms with Crippen LogP contribution in [0.25, 0.3) is 0 Å². The van der Waals surface area contributed by atoms with Gasteiger partial charge in [0.15, 0.2) is 0 Å². The van der Waals surface area contributed by atoms with E-state index >= 15 is 0 Å². The van der Waals surface area contributed by atoms with Gasteiger partial charge in [0, 0.05) is 19.8 Å². The van der Waals surface area contributed by atoms with Crippen molar-refractivity contribution in [2.24, 2.45) is 0 Å². The summed E-state index contributed by atoms with van der Waals surface area (Å²) in [6.07, 6.45) is 11.7. The van der Waals surface area contributed by atoms with Crippen molar-refractivity contribution in [1.29, 1.82) is 0 Å². The van der Waals surface area contributed by atoms with Crippen molar-refractivity contribution >= 4 is 9.05 Å². The van der Waals surface area contributed by atoms with Crippen LogP contribution in [0.5, 0.6) is 0 Å². The molecule has 0 unspecified atom stereocenters. The number of hydrogen-bond donors (Lipinski definition) is 0. The maximum absolute atomic E-state index is 6.02. The maximum Gasteiger partial charge on any atom is 0.680 e. The molecular formula is C18H38O4Si. The average Bonchev–Trinajstić information content (AvgIpc) is 2.57. The number of unbranched alkanes of at least 4 members (excludes halogenated alkanes) is 6. The fraction of sp³-hybridized carbons (Fsp3) is 0.889. The van der Waals surface area contributed by atoms with Crippen LogP contribution in [0.4, 0.5) is 0 Å². The predicted molar refractivity (Wildman–Crippen MR) is 98.3 cm³/mol. The van der Waals surface area contributed by atoms with Crippen LogP contribution >= 0.6 is 0 Å². The molecule has 5 heteroatoms. The minimum atomic E-state index is -3.04. The van der Waals surface area contributed by atoms with Gasteiger partial charge in [0.2, 0.25) is 0 Å². The Hall–Kier alpha value is -0.203. The molecule has 0 radical (unpaired) electrons. The molecule has 0 spiro atoms. The second kappa shape index (κ2) is 16.6.